The highest BCUT2D eigenvalue weighted by Gasteiger charge is 1.81. The molecule has 4 heteroatoms. The van der Waals surface area contributed by atoms with E-state index in [4.69, 9.17) is 0 Å². The lowest BCUT2D eigenvalue weighted by molar-refractivity contribution is 1.11. The normalized spacial score (nSPS) is 3.86. The first-order valence-electron chi connectivity index (χ1n) is 1.73. The molecule has 0 aromatic heterocycles. The van der Waals surface area contributed by atoms with Crippen LogP contribution >= 0.6 is 0 Å². The smallest absolute Gasteiger partial charge is 0.251 e. The van der Waals surface area contributed by atoms with Gasteiger partial charge in [0, 0.05) is 0 Å². The SMILES string of the molecule is F.F.F.[CH3][Al]([CH3])[CH3]. The molecular weight excluding hydrogens is 120 g/mol. The molecule has 0 bridgehead atoms. The van der Waals surface area contributed by atoms with Crippen LogP contribution in [0.5, 0.6) is 0 Å². The summed E-state index contributed by atoms with van der Waals surface area (Å²) < 4.78 is 0. The molecule has 0 aliphatic heterocycles. The second-order valence-electron chi connectivity index (χ2n) is 1.73. The van der Waals surface area contributed by atoms with Gasteiger partial charge in [0.15, 0.2) is 0 Å². The Kier molecular flexibility index (Phi) is 61.5. The number of rotatable bonds is 0. The molecule has 0 unspecified atom stereocenters. The fourth-order valence-corrected chi connectivity index (χ4v) is 0. The van der Waals surface area contributed by atoms with Crippen molar-refractivity contribution >= 4 is 14.1 Å². The van der Waals surface area contributed by atoms with Gasteiger partial charge in [0.25, 0.3) is 14.1 Å². The van der Waals surface area contributed by atoms with Gasteiger partial charge < -0.3 is 0 Å². The third-order valence-corrected chi connectivity index (χ3v) is 0. The van der Waals surface area contributed by atoms with E-state index in [9.17, 15) is 0 Å². The van der Waals surface area contributed by atoms with Crippen LogP contribution in [0.2, 0.25) is 17.4 Å². The van der Waals surface area contributed by atoms with E-state index in [-0.39, 0.29) is 28.3 Å². The average Bonchev–Trinajstić information content (AvgIpc) is 0.811. The van der Waals surface area contributed by atoms with Gasteiger partial charge >= 0.3 is 0 Å². The van der Waals surface area contributed by atoms with Crippen molar-refractivity contribution in [2.24, 2.45) is 0 Å². The molecule has 0 heterocycles. The predicted octanol–water partition coefficient (Wildman–Crippen LogP) is 1.83. The van der Waals surface area contributed by atoms with Crippen LogP contribution < -0.4 is 0 Å². The maximum atomic E-state index is 2.31. The van der Waals surface area contributed by atoms with Gasteiger partial charge in [0.1, 0.15) is 0 Å². The summed E-state index contributed by atoms with van der Waals surface area (Å²) in [6.45, 7) is 0. The van der Waals surface area contributed by atoms with Crippen LogP contribution in [0, 0.1) is 0 Å². The highest BCUT2D eigenvalue weighted by Crippen LogP contribution is 1.68. The van der Waals surface area contributed by atoms with Crippen molar-refractivity contribution in [1.82, 2.24) is 0 Å². The standard InChI is InChI=1S/3CH3.Al.3FH/h3*1H3;;3*1H. The first kappa shape index (κ1) is 26.5. The van der Waals surface area contributed by atoms with Crippen molar-refractivity contribution in [3.63, 3.8) is 0 Å². The molecule has 0 spiro atoms. The summed E-state index contributed by atoms with van der Waals surface area (Å²) in [5.41, 5.74) is 0. The number of hydrogen-bond donors (Lipinski definition) is 0. The van der Waals surface area contributed by atoms with E-state index in [2.05, 4.69) is 17.4 Å². The largest absolute Gasteiger partial charge is 0.269 e. The van der Waals surface area contributed by atoms with Crippen LogP contribution in [0.4, 0.5) is 14.1 Å². The summed E-state index contributed by atoms with van der Waals surface area (Å²) in [5, 5.41) is 0. The lowest BCUT2D eigenvalue weighted by atomic mass is 11.8. The van der Waals surface area contributed by atoms with Crippen molar-refractivity contribution in [3.05, 3.63) is 0 Å². The maximum Gasteiger partial charge on any atom is 0.251 e. The quantitative estimate of drug-likeness (QED) is 0.441. The van der Waals surface area contributed by atoms with Gasteiger partial charge in [0.2, 0.25) is 0 Å². The average molecular weight is 132 g/mol. The molecule has 0 aliphatic rings. The molecule has 0 aromatic carbocycles. The van der Waals surface area contributed by atoms with E-state index in [1.165, 1.54) is 0 Å². The summed E-state index contributed by atoms with van der Waals surface area (Å²) in [7, 11) is 0. The van der Waals surface area contributed by atoms with E-state index >= 15 is 0 Å². The zero-order chi connectivity index (χ0) is 3.58. The minimum absolute atomic E-state index is 0. The molecule has 0 nitrogen and oxygen atoms in total. The van der Waals surface area contributed by atoms with E-state index in [0.29, 0.717) is 0 Å². The van der Waals surface area contributed by atoms with Crippen LogP contribution in [0.25, 0.3) is 0 Å². The maximum absolute atomic E-state index is 2.31. The lowest BCUT2D eigenvalue weighted by Crippen LogP contribution is -1.84. The van der Waals surface area contributed by atoms with E-state index in [1.54, 1.807) is 0 Å². The molecule has 0 aromatic rings. The Balaban J connectivity index is -0.0000000150. The summed E-state index contributed by atoms with van der Waals surface area (Å²) in [5.74, 6) is 6.92. The van der Waals surface area contributed by atoms with Gasteiger partial charge in [-0.3, -0.25) is 14.1 Å². The third kappa shape index (κ3) is 1140. The van der Waals surface area contributed by atoms with Crippen molar-refractivity contribution in [3.8, 4) is 0 Å². The predicted molar refractivity (Wildman–Crippen MR) is 30.9 cm³/mol. The van der Waals surface area contributed by atoms with Crippen LogP contribution in [-0.4, -0.2) is 14.1 Å². The van der Waals surface area contributed by atoms with Gasteiger partial charge in [-0.25, -0.2) is 0 Å². The van der Waals surface area contributed by atoms with E-state index in [1.807, 2.05) is 0 Å². The Morgan fingerprint density at radius 1 is 0.714 bits per heavy atom. The topological polar surface area (TPSA) is 0 Å². The van der Waals surface area contributed by atoms with E-state index < -0.39 is 0 Å². The van der Waals surface area contributed by atoms with Crippen LogP contribution in [0.1, 0.15) is 0 Å². The monoisotopic (exact) mass is 132 g/mol. The molecule has 48 valence electrons. The van der Waals surface area contributed by atoms with E-state index in [0.717, 1.165) is 0 Å². The summed E-state index contributed by atoms with van der Waals surface area (Å²) >= 11 is -0.139. The van der Waals surface area contributed by atoms with Gasteiger partial charge in [-0.2, -0.15) is 0 Å². The molecule has 0 fully saturated rings. The Labute approximate surface area is 46.4 Å². The highest BCUT2D eigenvalue weighted by atomic mass is 27.2. The van der Waals surface area contributed by atoms with Crippen molar-refractivity contribution in [2.75, 3.05) is 0 Å². The number of halogens is 3. The molecule has 0 N–H and O–H groups in total. The fourth-order valence-electron chi connectivity index (χ4n) is 0. The Bertz CT molecular complexity index is 14.9. The Morgan fingerprint density at radius 3 is 0.714 bits per heavy atom. The zero-order valence-corrected chi connectivity index (χ0v) is 5.96. The third-order valence-electron chi connectivity index (χ3n) is 0. The Morgan fingerprint density at radius 2 is 0.714 bits per heavy atom. The van der Waals surface area contributed by atoms with Crippen LogP contribution in [0.3, 0.4) is 0 Å². The molecule has 0 saturated carbocycles. The molecular formula is C3H12AlF3. The second kappa shape index (κ2) is 16.2. The van der Waals surface area contributed by atoms with Gasteiger partial charge in [0.05, 0.1) is 0 Å². The highest BCUT2D eigenvalue weighted by molar-refractivity contribution is 6.54. The number of hydrogen-bond acceptors (Lipinski definition) is 0. The summed E-state index contributed by atoms with van der Waals surface area (Å²) in [6, 6.07) is 0. The van der Waals surface area contributed by atoms with Gasteiger partial charge in [-0.05, 0) is 0 Å². The van der Waals surface area contributed by atoms with Crippen molar-refractivity contribution < 1.29 is 14.1 Å². The van der Waals surface area contributed by atoms with Gasteiger partial charge in [-0.1, -0.05) is 0 Å². The van der Waals surface area contributed by atoms with Crippen molar-refractivity contribution in [2.45, 2.75) is 17.4 Å². The first-order valence-corrected chi connectivity index (χ1v) is 5.20. The molecule has 0 atom stereocenters. The lowest BCUT2D eigenvalue weighted by Gasteiger charge is -1.67. The van der Waals surface area contributed by atoms with Crippen molar-refractivity contribution in [1.29, 1.82) is 0 Å². The summed E-state index contributed by atoms with van der Waals surface area (Å²) in [6.07, 6.45) is 0. The molecule has 0 amide bonds. The minimum Gasteiger partial charge on any atom is -0.269 e. The fraction of sp³-hybridized carbons (Fsp3) is 1.00. The Hall–Kier alpha value is 0.322. The first-order chi connectivity index (χ1) is 1.73. The minimum atomic E-state index is -0.139. The van der Waals surface area contributed by atoms with Gasteiger partial charge in [-0.15, -0.1) is 17.4 Å². The molecule has 0 aliphatic carbocycles. The molecule has 0 rings (SSSR count). The molecule has 7 heavy (non-hydrogen) atoms. The van der Waals surface area contributed by atoms with Crippen LogP contribution in [-0.2, 0) is 0 Å². The van der Waals surface area contributed by atoms with Crippen LogP contribution in [0.15, 0.2) is 0 Å². The molecule has 0 saturated heterocycles. The summed E-state index contributed by atoms with van der Waals surface area (Å²) in [4.78, 5) is 0. The second-order valence-corrected chi connectivity index (χ2v) is 5.20. The zero-order valence-electron chi connectivity index (χ0n) is 4.80. The molecule has 0 radical (unpaired) electrons.